The van der Waals surface area contributed by atoms with Gasteiger partial charge in [0.2, 0.25) is 0 Å². The highest BCUT2D eigenvalue weighted by atomic mass is 35.5. The van der Waals surface area contributed by atoms with Gasteiger partial charge in [-0.05, 0) is 30.9 Å². The van der Waals surface area contributed by atoms with E-state index >= 15 is 0 Å². The molecule has 0 bridgehead atoms. The minimum atomic E-state index is 0.556. The van der Waals surface area contributed by atoms with Crippen LogP contribution >= 0.6 is 11.6 Å². The zero-order valence-corrected chi connectivity index (χ0v) is 8.44. The van der Waals surface area contributed by atoms with Crippen molar-refractivity contribution >= 4 is 11.6 Å². The lowest BCUT2D eigenvalue weighted by molar-refractivity contribution is 0.890. The largest absolute Gasteiger partial charge is 0.155 e. The van der Waals surface area contributed by atoms with Gasteiger partial charge in [0.25, 0.3) is 0 Å². The normalized spacial score (nSPS) is 10.3. The molecule has 0 saturated heterocycles. The van der Waals surface area contributed by atoms with Crippen molar-refractivity contribution in [1.29, 1.82) is 0 Å². The third-order valence-electron chi connectivity index (χ3n) is 2.04. The van der Waals surface area contributed by atoms with Crippen molar-refractivity contribution < 1.29 is 0 Å². The van der Waals surface area contributed by atoms with Gasteiger partial charge in [0.15, 0.2) is 5.15 Å². The van der Waals surface area contributed by atoms with E-state index in [2.05, 4.69) is 24.0 Å². The molecule has 0 aliphatic heterocycles. The molecule has 1 rings (SSSR count). The first-order chi connectivity index (χ1) is 5.70. The van der Waals surface area contributed by atoms with Crippen LogP contribution in [0.1, 0.15) is 30.7 Å². The summed E-state index contributed by atoms with van der Waals surface area (Å²) in [6.45, 7) is 6.17. The van der Waals surface area contributed by atoms with Crippen LogP contribution in [0.5, 0.6) is 0 Å². The highest BCUT2D eigenvalue weighted by molar-refractivity contribution is 6.30. The molecule has 2 nitrogen and oxygen atoms in total. The predicted molar refractivity (Wildman–Crippen MR) is 50.5 cm³/mol. The molecule has 0 spiro atoms. The Morgan fingerprint density at radius 3 is 2.08 bits per heavy atom. The van der Waals surface area contributed by atoms with Crippen molar-refractivity contribution in [2.24, 2.45) is 0 Å². The summed E-state index contributed by atoms with van der Waals surface area (Å²) in [5.74, 6) is 0. The SMILES string of the molecule is CCc1c(C)nnc(Cl)c1CC. The van der Waals surface area contributed by atoms with E-state index in [9.17, 15) is 0 Å². The van der Waals surface area contributed by atoms with Crippen LogP contribution in [0.15, 0.2) is 0 Å². The van der Waals surface area contributed by atoms with Crippen LogP contribution in [0.25, 0.3) is 0 Å². The number of aryl methyl sites for hydroxylation is 1. The van der Waals surface area contributed by atoms with Gasteiger partial charge >= 0.3 is 0 Å². The molecular formula is C9H13ClN2. The van der Waals surface area contributed by atoms with Gasteiger partial charge in [0, 0.05) is 0 Å². The minimum absolute atomic E-state index is 0.556. The molecule has 0 atom stereocenters. The zero-order chi connectivity index (χ0) is 9.14. The van der Waals surface area contributed by atoms with Crippen molar-refractivity contribution in [3.63, 3.8) is 0 Å². The third-order valence-corrected chi connectivity index (χ3v) is 2.35. The van der Waals surface area contributed by atoms with Crippen LogP contribution in [-0.2, 0) is 12.8 Å². The molecule has 1 heterocycles. The molecule has 0 amide bonds. The molecule has 12 heavy (non-hydrogen) atoms. The number of hydrogen-bond donors (Lipinski definition) is 0. The lowest BCUT2D eigenvalue weighted by atomic mass is 10.0. The first-order valence-electron chi connectivity index (χ1n) is 4.21. The van der Waals surface area contributed by atoms with E-state index in [1.54, 1.807) is 0 Å². The molecule has 0 radical (unpaired) electrons. The monoisotopic (exact) mass is 184 g/mol. The van der Waals surface area contributed by atoms with Gasteiger partial charge in [-0.2, -0.15) is 5.10 Å². The molecule has 66 valence electrons. The predicted octanol–water partition coefficient (Wildman–Crippen LogP) is 2.56. The standard InChI is InChI=1S/C9H13ClN2/c1-4-7-6(3)11-12-9(10)8(7)5-2/h4-5H2,1-3H3. The number of nitrogens with zero attached hydrogens (tertiary/aromatic N) is 2. The maximum atomic E-state index is 5.91. The summed E-state index contributed by atoms with van der Waals surface area (Å²) in [5, 5.41) is 8.41. The second-order valence-electron chi connectivity index (χ2n) is 2.74. The fourth-order valence-electron chi connectivity index (χ4n) is 1.41. The van der Waals surface area contributed by atoms with Crippen LogP contribution in [0.3, 0.4) is 0 Å². The molecule has 0 aliphatic rings. The third kappa shape index (κ3) is 1.58. The Bertz CT molecular complexity index is 255. The fraction of sp³-hybridized carbons (Fsp3) is 0.556. The van der Waals surface area contributed by atoms with Gasteiger partial charge in [-0.3, -0.25) is 0 Å². The minimum Gasteiger partial charge on any atom is -0.154 e. The molecule has 0 N–H and O–H groups in total. The lowest BCUT2D eigenvalue weighted by Crippen LogP contribution is -2.01. The quantitative estimate of drug-likeness (QED) is 0.706. The molecular weight excluding hydrogens is 172 g/mol. The Kier molecular flexibility index (Phi) is 3.04. The van der Waals surface area contributed by atoms with Crippen LogP contribution in [0.2, 0.25) is 5.15 Å². The molecule has 0 aromatic carbocycles. The maximum Gasteiger partial charge on any atom is 0.155 e. The van der Waals surface area contributed by atoms with Gasteiger partial charge in [-0.15, -0.1) is 5.10 Å². The topological polar surface area (TPSA) is 25.8 Å². The van der Waals surface area contributed by atoms with Crippen LogP contribution < -0.4 is 0 Å². The van der Waals surface area contributed by atoms with Gasteiger partial charge in [0.05, 0.1) is 5.69 Å². The highest BCUT2D eigenvalue weighted by Crippen LogP contribution is 2.19. The number of rotatable bonds is 2. The Hall–Kier alpha value is -0.630. The van der Waals surface area contributed by atoms with Crippen LogP contribution in [0.4, 0.5) is 0 Å². The molecule has 1 aromatic heterocycles. The maximum absolute atomic E-state index is 5.91. The lowest BCUT2D eigenvalue weighted by Gasteiger charge is -2.08. The van der Waals surface area contributed by atoms with Crippen molar-refractivity contribution in [2.45, 2.75) is 33.6 Å². The Morgan fingerprint density at radius 1 is 1.08 bits per heavy atom. The Labute approximate surface area is 78.0 Å². The molecule has 3 heteroatoms. The Morgan fingerprint density at radius 2 is 1.67 bits per heavy atom. The van der Waals surface area contributed by atoms with Crippen molar-refractivity contribution in [3.8, 4) is 0 Å². The molecule has 0 fully saturated rings. The van der Waals surface area contributed by atoms with E-state index in [4.69, 9.17) is 11.6 Å². The molecule has 0 aliphatic carbocycles. The van der Waals surface area contributed by atoms with Crippen molar-refractivity contribution in [3.05, 3.63) is 22.0 Å². The molecule has 0 saturated carbocycles. The van der Waals surface area contributed by atoms with Gasteiger partial charge < -0.3 is 0 Å². The van der Waals surface area contributed by atoms with E-state index in [1.165, 1.54) is 5.56 Å². The summed E-state index contributed by atoms with van der Waals surface area (Å²) in [5.41, 5.74) is 3.39. The second-order valence-corrected chi connectivity index (χ2v) is 3.10. The van der Waals surface area contributed by atoms with E-state index in [0.717, 1.165) is 24.1 Å². The van der Waals surface area contributed by atoms with Gasteiger partial charge in [-0.1, -0.05) is 25.4 Å². The second kappa shape index (κ2) is 3.85. The van der Waals surface area contributed by atoms with Crippen LogP contribution in [-0.4, -0.2) is 10.2 Å². The van der Waals surface area contributed by atoms with E-state index in [0.29, 0.717) is 5.15 Å². The van der Waals surface area contributed by atoms with Crippen LogP contribution in [0, 0.1) is 6.92 Å². The summed E-state index contributed by atoms with van der Waals surface area (Å²) < 4.78 is 0. The summed E-state index contributed by atoms with van der Waals surface area (Å²) >= 11 is 5.91. The van der Waals surface area contributed by atoms with Gasteiger partial charge in [-0.25, -0.2) is 0 Å². The number of aromatic nitrogens is 2. The number of hydrogen-bond acceptors (Lipinski definition) is 2. The number of halogens is 1. The Balaban J connectivity index is 3.28. The van der Waals surface area contributed by atoms with E-state index in [-0.39, 0.29) is 0 Å². The van der Waals surface area contributed by atoms with E-state index < -0.39 is 0 Å². The summed E-state index contributed by atoms with van der Waals surface area (Å²) in [4.78, 5) is 0. The zero-order valence-electron chi connectivity index (χ0n) is 7.69. The van der Waals surface area contributed by atoms with E-state index in [1.807, 2.05) is 6.92 Å². The molecule has 1 aromatic rings. The van der Waals surface area contributed by atoms with Crippen molar-refractivity contribution in [2.75, 3.05) is 0 Å². The average Bonchev–Trinajstić information content (AvgIpc) is 2.08. The highest BCUT2D eigenvalue weighted by Gasteiger charge is 2.08. The summed E-state index contributed by atoms with van der Waals surface area (Å²) in [6, 6.07) is 0. The fourth-order valence-corrected chi connectivity index (χ4v) is 1.70. The summed E-state index contributed by atoms with van der Waals surface area (Å²) in [6.07, 6.45) is 1.91. The summed E-state index contributed by atoms with van der Waals surface area (Å²) in [7, 11) is 0. The first-order valence-corrected chi connectivity index (χ1v) is 4.59. The average molecular weight is 185 g/mol. The molecule has 0 unspecified atom stereocenters. The smallest absolute Gasteiger partial charge is 0.154 e. The van der Waals surface area contributed by atoms with Crippen molar-refractivity contribution in [1.82, 2.24) is 10.2 Å². The van der Waals surface area contributed by atoms with Gasteiger partial charge in [0.1, 0.15) is 0 Å². The first kappa shape index (κ1) is 9.46.